The average molecular weight is 341 g/mol. The second-order valence-electron chi connectivity index (χ2n) is 5.41. The Morgan fingerprint density at radius 3 is 2.77 bits per heavy atom. The highest BCUT2D eigenvalue weighted by Crippen LogP contribution is 2.29. The van der Waals surface area contributed by atoms with Gasteiger partial charge < -0.3 is 4.74 Å². The number of methoxy groups -OCH3 is 1. The molecule has 8 heteroatoms. The van der Waals surface area contributed by atoms with Gasteiger partial charge in [0.25, 0.3) is 0 Å². The van der Waals surface area contributed by atoms with E-state index in [1.807, 2.05) is 12.1 Å². The van der Waals surface area contributed by atoms with Gasteiger partial charge in [-0.15, -0.1) is 0 Å². The van der Waals surface area contributed by atoms with Gasteiger partial charge in [0.2, 0.25) is 0 Å². The van der Waals surface area contributed by atoms with Gasteiger partial charge in [-0.25, -0.2) is 9.71 Å². The zero-order chi connectivity index (χ0) is 15.6. The van der Waals surface area contributed by atoms with Crippen LogP contribution in [0.2, 0.25) is 0 Å². The first-order valence-corrected chi connectivity index (χ1v) is 9.60. The van der Waals surface area contributed by atoms with Crippen molar-refractivity contribution in [3.05, 3.63) is 18.2 Å². The lowest BCUT2D eigenvalue weighted by molar-refractivity contribution is 0.413. The van der Waals surface area contributed by atoms with Crippen LogP contribution < -0.4 is 14.2 Å². The Morgan fingerprint density at radius 1 is 1.27 bits per heavy atom. The van der Waals surface area contributed by atoms with Crippen LogP contribution in [0, 0.1) is 0 Å². The maximum Gasteiger partial charge on any atom is 0.301 e. The summed E-state index contributed by atoms with van der Waals surface area (Å²) in [5.41, 5.74) is 0.751. The Labute approximate surface area is 134 Å². The zero-order valence-corrected chi connectivity index (χ0v) is 14.0. The summed E-state index contributed by atoms with van der Waals surface area (Å²) in [7, 11) is -1.98. The van der Waals surface area contributed by atoms with Crippen LogP contribution in [0.1, 0.15) is 32.1 Å². The van der Waals surface area contributed by atoms with Crippen molar-refractivity contribution < 1.29 is 13.2 Å². The first-order chi connectivity index (χ1) is 10.6. The molecule has 1 aliphatic carbocycles. The van der Waals surface area contributed by atoms with Gasteiger partial charge in [-0.1, -0.05) is 30.6 Å². The number of anilines is 1. The van der Waals surface area contributed by atoms with Crippen molar-refractivity contribution in [2.24, 2.45) is 0 Å². The molecular formula is C14H19N3O3S2. The summed E-state index contributed by atoms with van der Waals surface area (Å²) < 4.78 is 35.7. The monoisotopic (exact) mass is 341 g/mol. The van der Waals surface area contributed by atoms with Crippen LogP contribution in [0.4, 0.5) is 5.13 Å². The predicted octanol–water partition coefficient (Wildman–Crippen LogP) is 2.88. The fraction of sp³-hybridized carbons (Fsp3) is 0.500. The van der Waals surface area contributed by atoms with Crippen molar-refractivity contribution >= 4 is 36.9 Å². The van der Waals surface area contributed by atoms with Gasteiger partial charge in [0.1, 0.15) is 5.75 Å². The zero-order valence-electron chi connectivity index (χ0n) is 12.3. The number of hydrogen-bond donors (Lipinski definition) is 2. The fourth-order valence-electron chi connectivity index (χ4n) is 2.66. The van der Waals surface area contributed by atoms with Gasteiger partial charge in [-0.3, -0.25) is 0 Å². The summed E-state index contributed by atoms with van der Waals surface area (Å²) >= 11 is 1.29. The topological polar surface area (TPSA) is 80.3 Å². The van der Waals surface area contributed by atoms with E-state index >= 15 is 0 Å². The largest absolute Gasteiger partial charge is 0.497 e. The summed E-state index contributed by atoms with van der Waals surface area (Å²) in [6, 6.07) is 5.50. The van der Waals surface area contributed by atoms with Crippen LogP contribution in [-0.4, -0.2) is 26.6 Å². The maximum atomic E-state index is 12.2. The summed E-state index contributed by atoms with van der Waals surface area (Å²) in [6.07, 6.45) is 5.14. The summed E-state index contributed by atoms with van der Waals surface area (Å²) in [6.45, 7) is 0. The lowest BCUT2D eigenvalue weighted by Gasteiger charge is -2.22. The molecule has 0 unspecified atom stereocenters. The molecule has 0 amide bonds. The number of benzene rings is 1. The molecule has 0 bridgehead atoms. The molecule has 0 radical (unpaired) electrons. The van der Waals surface area contributed by atoms with Gasteiger partial charge >= 0.3 is 10.2 Å². The third-order valence-electron chi connectivity index (χ3n) is 3.74. The summed E-state index contributed by atoms with van der Waals surface area (Å²) in [5, 5.41) is 0.367. The van der Waals surface area contributed by atoms with Crippen molar-refractivity contribution in [2.75, 3.05) is 11.8 Å². The van der Waals surface area contributed by atoms with Crippen molar-refractivity contribution in [3.8, 4) is 5.75 Å². The van der Waals surface area contributed by atoms with E-state index < -0.39 is 10.2 Å². The van der Waals surface area contributed by atoms with Crippen LogP contribution in [0.5, 0.6) is 5.75 Å². The van der Waals surface area contributed by atoms with E-state index in [-0.39, 0.29) is 6.04 Å². The van der Waals surface area contributed by atoms with Crippen LogP contribution in [0.3, 0.4) is 0 Å². The molecule has 1 heterocycles. The molecule has 0 atom stereocenters. The van der Waals surface area contributed by atoms with Gasteiger partial charge in [0, 0.05) is 6.04 Å². The Balaban J connectivity index is 1.73. The average Bonchev–Trinajstić information content (AvgIpc) is 2.87. The minimum absolute atomic E-state index is 0.0284. The number of nitrogens with zero attached hydrogens (tertiary/aromatic N) is 1. The Hall–Kier alpha value is -1.38. The Morgan fingerprint density at radius 2 is 2.05 bits per heavy atom. The first-order valence-electron chi connectivity index (χ1n) is 7.30. The van der Waals surface area contributed by atoms with E-state index in [1.54, 1.807) is 13.2 Å². The molecule has 2 aromatic rings. The molecule has 3 rings (SSSR count). The lowest BCUT2D eigenvalue weighted by atomic mass is 9.96. The molecule has 22 heavy (non-hydrogen) atoms. The minimum atomic E-state index is -3.58. The number of rotatable bonds is 5. The standard InChI is InChI=1S/C14H19N3O3S2/c1-20-11-7-8-12-13(9-11)21-14(15-12)17-22(18,19)16-10-5-3-2-4-6-10/h7-10,16H,2-6H2,1H3,(H,15,17). The molecule has 0 spiro atoms. The molecule has 1 aliphatic rings. The molecule has 1 aromatic heterocycles. The third kappa shape index (κ3) is 3.68. The van der Waals surface area contributed by atoms with Gasteiger partial charge in [-0.2, -0.15) is 13.1 Å². The van der Waals surface area contributed by atoms with Gasteiger partial charge in [-0.05, 0) is 31.0 Å². The van der Waals surface area contributed by atoms with Crippen LogP contribution in [-0.2, 0) is 10.2 Å². The van der Waals surface area contributed by atoms with Crippen LogP contribution in [0.25, 0.3) is 10.2 Å². The maximum absolute atomic E-state index is 12.2. The highest BCUT2D eigenvalue weighted by molar-refractivity contribution is 7.91. The van der Waals surface area contributed by atoms with Crippen molar-refractivity contribution in [1.82, 2.24) is 9.71 Å². The van der Waals surface area contributed by atoms with Crippen molar-refractivity contribution in [1.29, 1.82) is 0 Å². The molecule has 1 aromatic carbocycles. The predicted molar refractivity (Wildman–Crippen MR) is 88.7 cm³/mol. The van der Waals surface area contributed by atoms with Crippen LogP contribution >= 0.6 is 11.3 Å². The molecule has 6 nitrogen and oxygen atoms in total. The molecule has 0 saturated heterocycles. The fourth-order valence-corrected chi connectivity index (χ4v) is 4.91. The quantitative estimate of drug-likeness (QED) is 0.876. The SMILES string of the molecule is COc1ccc2nc(NS(=O)(=O)NC3CCCCC3)sc2c1. The van der Waals surface area contributed by atoms with Crippen molar-refractivity contribution in [2.45, 2.75) is 38.1 Å². The number of fused-ring (bicyclic) bond motifs is 1. The summed E-state index contributed by atoms with van der Waals surface area (Å²) in [4.78, 5) is 4.30. The van der Waals surface area contributed by atoms with E-state index in [9.17, 15) is 8.42 Å². The summed E-state index contributed by atoms with van der Waals surface area (Å²) in [5.74, 6) is 0.728. The number of hydrogen-bond acceptors (Lipinski definition) is 5. The molecule has 0 aliphatic heterocycles. The molecule has 120 valence electrons. The van der Waals surface area contributed by atoms with E-state index in [0.29, 0.717) is 5.13 Å². The number of thiazole rings is 1. The van der Waals surface area contributed by atoms with E-state index in [4.69, 9.17) is 4.74 Å². The number of nitrogens with one attached hydrogen (secondary N) is 2. The second-order valence-corrected chi connectivity index (χ2v) is 7.89. The highest BCUT2D eigenvalue weighted by atomic mass is 32.2. The normalized spacial score (nSPS) is 16.8. The molecular weight excluding hydrogens is 322 g/mol. The molecule has 1 saturated carbocycles. The molecule has 1 fully saturated rings. The highest BCUT2D eigenvalue weighted by Gasteiger charge is 2.21. The van der Waals surface area contributed by atoms with E-state index in [0.717, 1.165) is 41.6 Å². The van der Waals surface area contributed by atoms with Crippen molar-refractivity contribution in [3.63, 3.8) is 0 Å². The second kappa shape index (κ2) is 6.39. The van der Waals surface area contributed by atoms with Gasteiger partial charge in [0.05, 0.1) is 17.3 Å². The van der Waals surface area contributed by atoms with E-state index in [2.05, 4.69) is 14.4 Å². The lowest BCUT2D eigenvalue weighted by Crippen LogP contribution is -2.39. The minimum Gasteiger partial charge on any atom is -0.497 e. The third-order valence-corrected chi connectivity index (χ3v) is 5.91. The first kappa shape index (κ1) is 15.5. The van der Waals surface area contributed by atoms with Crippen LogP contribution in [0.15, 0.2) is 18.2 Å². The number of aromatic nitrogens is 1. The van der Waals surface area contributed by atoms with Gasteiger partial charge in [0.15, 0.2) is 5.13 Å². The Kier molecular flexibility index (Phi) is 4.51. The Bertz CT molecular complexity index is 752. The number of ether oxygens (including phenoxy) is 1. The smallest absolute Gasteiger partial charge is 0.301 e. The van der Waals surface area contributed by atoms with E-state index in [1.165, 1.54) is 17.8 Å². The molecule has 2 N–H and O–H groups in total.